The number of rotatable bonds is 6. The molecule has 0 aromatic heterocycles. The highest BCUT2D eigenvalue weighted by Crippen LogP contribution is 2.27. The number of non-ortho nitro benzene ring substituents is 1. The van der Waals surface area contributed by atoms with E-state index < -0.39 is 10.9 Å². The van der Waals surface area contributed by atoms with Crippen molar-refractivity contribution in [1.29, 1.82) is 0 Å². The smallest absolute Gasteiger partial charge is 0.363 e. The quantitative estimate of drug-likeness (QED) is 0.219. The number of aliphatic imine (C=N–C) groups is 1. The number of carbonyl (C=O) groups is 1. The van der Waals surface area contributed by atoms with Crippen LogP contribution in [0.25, 0.3) is 6.08 Å². The average molecular weight is 453 g/mol. The summed E-state index contributed by atoms with van der Waals surface area (Å²) in [5.41, 5.74) is 1.39. The molecule has 1 aliphatic rings. The SMILES string of the molecule is O=C1OC(c2cc([N+](=O)[O-])ccc2Cl)=N/C1=C\c1cccc(OCc2ccc(F)cc2)c1. The number of nitro groups is 1. The molecule has 0 N–H and O–H groups in total. The highest BCUT2D eigenvalue weighted by atomic mass is 35.5. The van der Waals surface area contributed by atoms with Crippen molar-refractivity contribution < 1.29 is 23.6 Å². The van der Waals surface area contributed by atoms with Crippen molar-refractivity contribution in [1.82, 2.24) is 0 Å². The lowest BCUT2D eigenvalue weighted by Crippen LogP contribution is -2.06. The van der Waals surface area contributed by atoms with Crippen LogP contribution in [0.1, 0.15) is 16.7 Å². The lowest BCUT2D eigenvalue weighted by molar-refractivity contribution is -0.384. The molecule has 7 nitrogen and oxygen atoms in total. The molecule has 0 atom stereocenters. The van der Waals surface area contributed by atoms with Gasteiger partial charge in [-0.05, 0) is 47.5 Å². The zero-order chi connectivity index (χ0) is 22.7. The fourth-order valence-electron chi connectivity index (χ4n) is 2.91. The molecule has 9 heteroatoms. The monoisotopic (exact) mass is 452 g/mol. The summed E-state index contributed by atoms with van der Waals surface area (Å²) in [5.74, 6) is -0.600. The van der Waals surface area contributed by atoms with Gasteiger partial charge >= 0.3 is 5.97 Å². The van der Waals surface area contributed by atoms with Crippen LogP contribution in [0.3, 0.4) is 0 Å². The second-order valence-electron chi connectivity index (χ2n) is 6.74. The van der Waals surface area contributed by atoms with Crippen LogP contribution < -0.4 is 4.74 Å². The van der Waals surface area contributed by atoms with Crippen LogP contribution in [0.15, 0.2) is 77.4 Å². The maximum Gasteiger partial charge on any atom is 0.363 e. The van der Waals surface area contributed by atoms with E-state index in [1.807, 2.05) is 0 Å². The van der Waals surface area contributed by atoms with E-state index in [1.165, 1.54) is 36.4 Å². The first-order chi connectivity index (χ1) is 15.4. The van der Waals surface area contributed by atoms with E-state index in [4.69, 9.17) is 21.1 Å². The van der Waals surface area contributed by atoms with E-state index in [1.54, 1.807) is 36.4 Å². The Hall–Kier alpha value is -4.04. The van der Waals surface area contributed by atoms with Gasteiger partial charge in [-0.1, -0.05) is 35.9 Å². The predicted octanol–water partition coefficient (Wildman–Crippen LogP) is 5.31. The minimum atomic E-state index is -0.708. The number of esters is 1. The summed E-state index contributed by atoms with van der Waals surface area (Å²) in [6, 6.07) is 16.7. The number of nitrogens with zero attached hydrogens (tertiary/aromatic N) is 2. The van der Waals surface area contributed by atoms with Crippen molar-refractivity contribution in [3.05, 3.63) is 110 Å². The molecule has 3 aromatic rings. The minimum absolute atomic E-state index is 0.0123. The molecule has 0 unspecified atom stereocenters. The fraction of sp³-hybridized carbons (Fsp3) is 0.0435. The molecule has 0 spiro atoms. The molecular formula is C23H14ClFN2O5. The van der Waals surface area contributed by atoms with Crippen LogP contribution in [-0.2, 0) is 16.1 Å². The Bertz CT molecular complexity index is 1270. The summed E-state index contributed by atoms with van der Waals surface area (Å²) in [4.78, 5) is 26.9. The number of hydrogen-bond donors (Lipinski definition) is 0. The van der Waals surface area contributed by atoms with Crippen molar-refractivity contribution in [2.45, 2.75) is 6.61 Å². The normalized spacial score (nSPS) is 14.2. The standard InChI is InChI=1S/C23H14ClFN2O5/c24-20-9-8-17(27(29)30)12-19(20)22-26-21(23(28)32-22)11-15-2-1-3-18(10-15)31-13-14-4-6-16(25)7-5-14/h1-12H,13H2/b21-11-. The van der Waals surface area contributed by atoms with Crippen LogP contribution in [0.5, 0.6) is 5.75 Å². The van der Waals surface area contributed by atoms with Gasteiger partial charge in [0.15, 0.2) is 5.70 Å². The van der Waals surface area contributed by atoms with Crippen molar-refractivity contribution in [2.75, 3.05) is 0 Å². The Kier molecular flexibility index (Phi) is 5.96. The van der Waals surface area contributed by atoms with Gasteiger partial charge in [0.05, 0.1) is 15.5 Å². The van der Waals surface area contributed by atoms with Gasteiger partial charge < -0.3 is 9.47 Å². The van der Waals surface area contributed by atoms with Crippen LogP contribution >= 0.6 is 11.6 Å². The molecule has 0 saturated heterocycles. The predicted molar refractivity (Wildman–Crippen MR) is 116 cm³/mol. The minimum Gasteiger partial charge on any atom is -0.489 e. The zero-order valence-electron chi connectivity index (χ0n) is 16.3. The number of cyclic esters (lactones) is 1. The summed E-state index contributed by atoms with van der Waals surface area (Å²) in [7, 11) is 0. The van der Waals surface area contributed by atoms with Gasteiger partial charge in [-0.2, -0.15) is 0 Å². The van der Waals surface area contributed by atoms with E-state index in [2.05, 4.69) is 4.99 Å². The molecule has 0 bridgehead atoms. The molecule has 3 aromatic carbocycles. The highest BCUT2D eigenvalue weighted by molar-refractivity contribution is 6.34. The molecule has 160 valence electrons. The van der Waals surface area contributed by atoms with Crippen molar-refractivity contribution >= 4 is 35.2 Å². The first kappa shape index (κ1) is 21.2. The van der Waals surface area contributed by atoms with Crippen molar-refractivity contribution in [2.24, 2.45) is 4.99 Å². The molecule has 1 heterocycles. The van der Waals surface area contributed by atoms with Gasteiger partial charge in [-0.3, -0.25) is 10.1 Å². The van der Waals surface area contributed by atoms with E-state index in [-0.39, 0.29) is 40.3 Å². The van der Waals surface area contributed by atoms with Gasteiger partial charge in [0, 0.05) is 12.1 Å². The highest BCUT2D eigenvalue weighted by Gasteiger charge is 2.27. The largest absolute Gasteiger partial charge is 0.489 e. The molecule has 0 fully saturated rings. The van der Waals surface area contributed by atoms with Crippen LogP contribution in [0.2, 0.25) is 5.02 Å². The van der Waals surface area contributed by atoms with E-state index in [0.29, 0.717) is 11.3 Å². The van der Waals surface area contributed by atoms with Crippen LogP contribution in [0, 0.1) is 15.9 Å². The van der Waals surface area contributed by atoms with Crippen LogP contribution in [-0.4, -0.2) is 16.8 Å². The summed E-state index contributed by atoms with van der Waals surface area (Å²) in [5, 5.41) is 11.2. The van der Waals surface area contributed by atoms with Gasteiger partial charge in [0.2, 0.25) is 5.90 Å². The Morgan fingerprint density at radius 1 is 1.12 bits per heavy atom. The Balaban J connectivity index is 1.55. The van der Waals surface area contributed by atoms with E-state index >= 15 is 0 Å². The maximum atomic E-state index is 13.0. The zero-order valence-corrected chi connectivity index (χ0v) is 17.1. The summed E-state index contributed by atoms with van der Waals surface area (Å²) < 4.78 is 23.9. The molecule has 0 radical (unpaired) electrons. The first-order valence-corrected chi connectivity index (χ1v) is 9.71. The van der Waals surface area contributed by atoms with Gasteiger partial charge in [0.1, 0.15) is 18.2 Å². The van der Waals surface area contributed by atoms with Crippen molar-refractivity contribution in [3.63, 3.8) is 0 Å². The summed E-state index contributed by atoms with van der Waals surface area (Å²) in [6.45, 7) is 0.246. The Morgan fingerprint density at radius 3 is 2.66 bits per heavy atom. The Labute approximate surface area is 186 Å². The number of nitro benzene ring substituents is 1. The third-order valence-electron chi connectivity index (χ3n) is 4.49. The topological polar surface area (TPSA) is 91.0 Å². The van der Waals surface area contributed by atoms with Gasteiger partial charge in [-0.15, -0.1) is 0 Å². The lowest BCUT2D eigenvalue weighted by Gasteiger charge is -2.07. The number of hydrogen-bond acceptors (Lipinski definition) is 6. The third kappa shape index (κ3) is 4.81. The number of benzene rings is 3. The Morgan fingerprint density at radius 2 is 1.91 bits per heavy atom. The lowest BCUT2D eigenvalue weighted by atomic mass is 10.2. The molecule has 32 heavy (non-hydrogen) atoms. The third-order valence-corrected chi connectivity index (χ3v) is 4.82. The average Bonchev–Trinajstić information content (AvgIpc) is 3.13. The number of ether oxygens (including phenoxy) is 2. The number of halogens is 2. The second kappa shape index (κ2) is 8.99. The molecule has 0 saturated carbocycles. The molecular weight excluding hydrogens is 439 g/mol. The second-order valence-corrected chi connectivity index (χ2v) is 7.15. The maximum absolute atomic E-state index is 13.0. The first-order valence-electron chi connectivity index (χ1n) is 9.33. The van der Waals surface area contributed by atoms with Gasteiger partial charge in [0.25, 0.3) is 5.69 Å². The summed E-state index contributed by atoms with van der Waals surface area (Å²) >= 11 is 6.10. The van der Waals surface area contributed by atoms with Crippen LogP contribution in [0.4, 0.5) is 10.1 Å². The van der Waals surface area contributed by atoms with Gasteiger partial charge in [-0.25, -0.2) is 14.2 Å². The molecule has 4 rings (SSSR count). The van der Waals surface area contributed by atoms with Crippen molar-refractivity contribution in [3.8, 4) is 5.75 Å². The number of carbonyl (C=O) groups excluding carboxylic acids is 1. The fourth-order valence-corrected chi connectivity index (χ4v) is 3.11. The summed E-state index contributed by atoms with van der Waals surface area (Å²) in [6.07, 6.45) is 1.51. The van der Waals surface area contributed by atoms with E-state index in [9.17, 15) is 19.3 Å². The van der Waals surface area contributed by atoms with E-state index in [0.717, 1.165) is 5.56 Å². The molecule has 1 aliphatic heterocycles. The molecule has 0 aliphatic carbocycles. The molecule has 0 amide bonds.